The summed E-state index contributed by atoms with van der Waals surface area (Å²) >= 11 is 0. The van der Waals surface area contributed by atoms with Crippen LogP contribution in [-0.2, 0) is 4.79 Å². The fraction of sp³-hybridized carbons (Fsp3) is 0.435. The van der Waals surface area contributed by atoms with Crippen LogP contribution in [0.2, 0.25) is 0 Å². The van der Waals surface area contributed by atoms with E-state index < -0.39 is 5.97 Å². The van der Waals surface area contributed by atoms with Gasteiger partial charge in [-0.2, -0.15) is 0 Å². The number of allylic oxidation sites excluding steroid dienone is 5. The van der Waals surface area contributed by atoms with Crippen LogP contribution in [0.1, 0.15) is 24.3 Å². The number of aliphatic carboxylic acids is 1. The second-order valence-electron chi connectivity index (χ2n) is 8.22. The zero-order chi connectivity index (χ0) is 17.0. The molecule has 25 heavy (non-hydrogen) atoms. The van der Waals surface area contributed by atoms with Gasteiger partial charge in [0.05, 0.1) is 0 Å². The number of benzene rings is 1. The van der Waals surface area contributed by atoms with Gasteiger partial charge in [0.2, 0.25) is 0 Å². The lowest BCUT2D eigenvalue weighted by Crippen LogP contribution is -2.49. The van der Waals surface area contributed by atoms with E-state index in [-0.39, 0.29) is 0 Å². The molecule has 4 aliphatic rings. The number of rotatable bonds is 4. The van der Waals surface area contributed by atoms with Crippen LogP contribution in [0, 0.1) is 41.4 Å². The molecule has 2 heteroatoms. The highest BCUT2D eigenvalue weighted by Gasteiger charge is 2.61. The molecule has 0 radical (unpaired) electrons. The second-order valence-corrected chi connectivity index (χ2v) is 8.22. The Bertz CT molecular complexity index is 760. The third-order valence-electron chi connectivity index (χ3n) is 7.30. The van der Waals surface area contributed by atoms with Gasteiger partial charge < -0.3 is 5.11 Å². The molecule has 8 unspecified atom stereocenters. The highest BCUT2D eigenvalue weighted by atomic mass is 16.4. The standard InChI is InChI=1S/C23H24O2/c24-21(25)8-4-7-17-19-12-11-18-16(14-5-2-1-3-6-14)10-9-15-13-20(17)23(19)22(15)18/h1-6,8-12,15-20,22-23H,7,13H2,(H,24,25)/b8-4+. The maximum Gasteiger partial charge on any atom is 0.327 e. The summed E-state index contributed by atoms with van der Waals surface area (Å²) in [5, 5.41) is 8.83. The van der Waals surface area contributed by atoms with Crippen molar-refractivity contribution in [3.63, 3.8) is 0 Å². The zero-order valence-electron chi connectivity index (χ0n) is 14.2. The summed E-state index contributed by atoms with van der Waals surface area (Å²) in [7, 11) is 0. The van der Waals surface area contributed by atoms with E-state index in [0.29, 0.717) is 23.7 Å². The van der Waals surface area contributed by atoms with Gasteiger partial charge in [0, 0.05) is 12.0 Å². The van der Waals surface area contributed by atoms with E-state index in [2.05, 4.69) is 54.6 Å². The quantitative estimate of drug-likeness (QED) is 0.642. The predicted molar refractivity (Wildman–Crippen MR) is 97.9 cm³/mol. The van der Waals surface area contributed by atoms with Gasteiger partial charge >= 0.3 is 5.97 Å². The molecule has 1 aromatic rings. The van der Waals surface area contributed by atoms with E-state index in [1.54, 1.807) is 0 Å². The Labute approximate surface area is 148 Å². The van der Waals surface area contributed by atoms with Crippen molar-refractivity contribution in [2.24, 2.45) is 41.4 Å². The minimum atomic E-state index is -0.830. The summed E-state index contributed by atoms with van der Waals surface area (Å²) in [6.07, 6.45) is 15.3. The van der Waals surface area contributed by atoms with E-state index in [4.69, 9.17) is 5.11 Å². The first-order chi connectivity index (χ1) is 12.2. The summed E-state index contributed by atoms with van der Waals surface area (Å²) in [4.78, 5) is 10.7. The molecule has 0 bridgehead atoms. The Hall–Kier alpha value is -2.09. The molecule has 0 aromatic heterocycles. The molecule has 2 nitrogen and oxygen atoms in total. The Kier molecular flexibility index (Phi) is 3.48. The number of carboxylic acid groups (broad SMARTS) is 1. The minimum Gasteiger partial charge on any atom is -0.478 e. The van der Waals surface area contributed by atoms with Crippen LogP contribution in [0.3, 0.4) is 0 Å². The lowest BCUT2D eigenvalue weighted by molar-refractivity contribution is -0.131. The van der Waals surface area contributed by atoms with Crippen molar-refractivity contribution in [1.82, 2.24) is 0 Å². The molecular weight excluding hydrogens is 308 g/mol. The van der Waals surface area contributed by atoms with Crippen molar-refractivity contribution in [3.05, 3.63) is 72.4 Å². The van der Waals surface area contributed by atoms with Gasteiger partial charge in [-0.3, -0.25) is 0 Å². The lowest BCUT2D eigenvalue weighted by atomic mass is 9.50. The molecule has 0 saturated heterocycles. The molecule has 1 aromatic carbocycles. The Morgan fingerprint density at radius 3 is 2.64 bits per heavy atom. The van der Waals surface area contributed by atoms with E-state index in [0.717, 1.165) is 30.1 Å². The molecule has 128 valence electrons. The van der Waals surface area contributed by atoms with Crippen LogP contribution in [0.4, 0.5) is 0 Å². The smallest absolute Gasteiger partial charge is 0.327 e. The number of hydrogen-bond acceptors (Lipinski definition) is 1. The SMILES string of the molecule is O=C(O)/C=C/CC1C2C=CC3C(c4ccccc4)C=CC4CC1C2C43. The van der Waals surface area contributed by atoms with Gasteiger partial charge in [-0.15, -0.1) is 0 Å². The Balaban J connectivity index is 1.42. The number of hydrogen-bond donors (Lipinski definition) is 1. The molecule has 8 atom stereocenters. The molecule has 2 fully saturated rings. The predicted octanol–water partition coefficient (Wildman–Crippen LogP) is 4.67. The van der Waals surface area contributed by atoms with Gasteiger partial charge in [-0.05, 0) is 59.8 Å². The van der Waals surface area contributed by atoms with E-state index in [1.165, 1.54) is 18.1 Å². The summed E-state index contributed by atoms with van der Waals surface area (Å²) in [6.45, 7) is 0. The molecule has 0 spiro atoms. The topological polar surface area (TPSA) is 37.3 Å². The Morgan fingerprint density at radius 2 is 1.84 bits per heavy atom. The maximum atomic E-state index is 10.7. The molecule has 5 rings (SSSR count). The average molecular weight is 332 g/mol. The molecule has 0 aliphatic heterocycles. The highest BCUT2D eigenvalue weighted by Crippen LogP contribution is 2.67. The minimum absolute atomic E-state index is 0.518. The van der Waals surface area contributed by atoms with Gasteiger partial charge in [-0.1, -0.05) is 60.7 Å². The van der Waals surface area contributed by atoms with Crippen LogP contribution < -0.4 is 0 Å². The first-order valence-electron chi connectivity index (χ1n) is 9.55. The van der Waals surface area contributed by atoms with Crippen LogP contribution in [0.15, 0.2) is 66.8 Å². The van der Waals surface area contributed by atoms with Crippen molar-refractivity contribution in [2.75, 3.05) is 0 Å². The van der Waals surface area contributed by atoms with E-state index in [1.807, 2.05) is 6.08 Å². The monoisotopic (exact) mass is 332 g/mol. The van der Waals surface area contributed by atoms with Gasteiger partial charge in [0.25, 0.3) is 0 Å². The molecule has 2 saturated carbocycles. The van der Waals surface area contributed by atoms with Gasteiger partial charge in [-0.25, -0.2) is 4.79 Å². The summed E-state index contributed by atoms with van der Waals surface area (Å²) in [6, 6.07) is 10.9. The molecule has 1 N–H and O–H groups in total. The number of carboxylic acids is 1. The fourth-order valence-corrected chi connectivity index (χ4v) is 6.45. The van der Waals surface area contributed by atoms with E-state index in [9.17, 15) is 4.79 Å². The maximum absolute atomic E-state index is 10.7. The first kappa shape index (κ1) is 15.2. The molecule has 0 heterocycles. The van der Waals surface area contributed by atoms with Crippen molar-refractivity contribution in [2.45, 2.75) is 18.8 Å². The van der Waals surface area contributed by atoms with Crippen LogP contribution in [0.5, 0.6) is 0 Å². The molecular formula is C23H24O2. The molecule has 4 aliphatic carbocycles. The van der Waals surface area contributed by atoms with Gasteiger partial charge in [0.15, 0.2) is 0 Å². The molecule has 0 amide bonds. The third kappa shape index (κ3) is 2.27. The second kappa shape index (κ2) is 5.72. The first-order valence-corrected chi connectivity index (χ1v) is 9.55. The summed E-state index contributed by atoms with van der Waals surface area (Å²) in [5.74, 6) is 4.75. The summed E-state index contributed by atoms with van der Waals surface area (Å²) < 4.78 is 0. The fourth-order valence-electron chi connectivity index (χ4n) is 6.45. The summed E-state index contributed by atoms with van der Waals surface area (Å²) in [5.41, 5.74) is 1.44. The van der Waals surface area contributed by atoms with Crippen molar-refractivity contribution < 1.29 is 9.90 Å². The van der Waals surface area contributed by atoms with Crippen LogP contribution >= 0.6 is 0 Å². The van der Waals surface area contributed by atoms with E-state index >= 15 is 0 Å². The van der Waals surface area contributed by atoms with Crippen molar-refractivity contribution >= 4 is 5.97 Å². The van der Waals surface area contributed by atoms with Crippen molar-refractivity contribution in [3.8, 4) is 0 Å². The third-order valence-corrected chi connectivity index (χ3v) is 7.30. The Morgan fingerprint density at radius 1 is 1.04 bits per heavy atom. The highest BCUT2D eigenvalue weighted by molar-refractivity contribution is 5.79. The van der Waals surface area contributed by atoms with Crippen LogP contribution in [0.25, 0.3) is 0 Å². The largest absolute Gasteiger partial charge is 0.478 e. The number of carbonyl (C=O) groups is 1. The van der Waals surface area contributed by atoms with Crippen LogP contribution in [-0.4, -0.2) is 11.1 Å². The average Bonchev–Trinajstić information content (AvgIpc) is 2.97. The zero-order valence-corrected chi connectivity index (χ0v) is 14.2. The lowest BCUT2D eigenvalue weighted by Gasteiger charge is -2.54. The van der Waals surface area contributed by atoms with Gasteiger partial charge in [0.1, 0.15) is 0 Å². The normalized spacial score (nSPS) is 43.0. The van der Waals surface area contributed by atoms with Crippen molar-refractivity contribution in [1.29, 1.82) is 0 Å².